The van der Waals surface area contributed by atoms with Gasteiger partial charge in [0, 0.05) is 18.4 Å². The van der Waals surface area contributed by atoms with Crippen molar-refractivity contribution < 1.29 is 24.2 Å². The summed E-state index contributed by atoms with van der Waals surface area (Å²) >= 11 is 0. The third-order valence-electron chi connectivity index (χ3n) is 7.41. The number of carboxylic acid groups (broad SMARTS) is 1. The van der Waals surface area contributed by atoms with E-state index in [1.165, 1.54) is 12.8 Å². The van der Waals surface area contributed by atoms with E-state index in [9.17, 15) is 14.4 Å². The van der Waals surface area contributed by atoms with E-state index < -0.39 is 18.1 Å². The van der Waals surface area contributed by atoms with Gasteiger partial charge in [0.05, 0.1) is 0 Å². The predicted molar refractivity (Wildman–Crippen MR) is 126 cm³/mol. The van der Waals surface area contributed by atoms with Crippen molar-refractivity contribution in [1.29, 1.82) is 0 Å². The Morgan fingerprint density at radius 2 is 1.56 bits per heavy atom. The highest BCUT2D eigenvalue weighted by Crippen LogP contribution is 2.47. The highest BCUT2D eigenvalue weighted by atomic mass is 16.5. The van der Waals surface area contributed by atoms with E-state index in [1.54, 1.807) is 0 Å². The van der Waals surface area contributed by atoms with Gasteiger partial charge in [0.25, 0.3) is 0 Å². The standard InChI is InChI=1S/C27H30N2O5/c30-25(31)12-11-24(26(32)28-18-13-17(14-18)16-9-10-16)29-27(33)34-15-23-21-7-3-1-5-19(21)20-6-2-4-8-22(20)23/h1-8,16-18,23-24H,9-15H2,(H,28,32)(H,29,33)(H,30,31). The van der Waals surface area contributed by atoms with Gasteiger partial charge < -0.3 is 20.5 Å². The van der Waals surface area contributed by atoms with Crippen molar-refractivity contribution in [3.8, 4) is 11.1 Å². The van der Waals surface area contributed by atoms with Gasteiger partial charge in [0.15, 0.2) is 0 Å². The predicted octanol–water partition coefficient (Wildman–Crippen LogP) is 4.06. The number of ether oxygens (including phenoxy) is 1. The maximum Gasteiger partial charge on any atom is 0.407 e. The first-order valence-corrected chi connectivity index (χ1v) is 12.1. The molecule has 2 amide bonds. The molecule has 2 aromatic carbocycles. The molecule has 0 heterocycles. The normalized spacial score (nSPS) is 21.5. The van der Waals surface area contributed by atoms with Crippen molar-refractivity contribution in [1.82, 2.24) is 10.6 Å². The highest BCUT2D eigenvalue weighted by Gasteiger charge is 2.41. The van der Waals surface area contributed by atoms with Crippen molar-refractivity contribution in [3.05, 3.63) is 59.7 Å². The zero-order valence-corrected chi connectivity index (χ0v) is 19.0. The molecule has 178 valence electrons. The minimum Gasteiger partial charge on any atom is -0.481 e. The molecule has 5 rings (SSSR count). The molecule has 1 unspecified atom stereocenters. The van der Waals surface area contributed by atoms with Crippen molar-refractivity contribution in [2.45, 2.75) is 56.5 Å². The Bertz CT molecular complexity index is 1040. The maximum atomic E-state index is 12.8. The molecule has 0 saturated heterocycles. The van der Waals surface area contributed by atoms with Crippen molar-refractivity contribution in [2.75, 3.05) is 6.61 Å². The number of nitrogens with one attached hydrogen (secondary N) is 2. The number of benzene rings is 2. The van der Waals surface area contributed by atoms with Crippen LogP contribution in [0.5, 0.6) is 0 Å². The van der Waals surface area contributed by atoms with Gasteiger partial charge in [-0.05, 0) is 66.2 Å². The molecule has 7 heteroatoms. The Hall–Kier alpha value is -3.35. The second-order valence-corrected chi connectivity index (χ2v) is 9.73. The average molecular weight is 463 g/mol. The summed E-state index contributed by atoms with van der Waals surface area (Å²) in [4.78, 5) is 36.5. The molecule has 2 saturated carbocycles. The summed E-state index contributed by atoms with van der Waals surface area (Å²) in [5.41, 5.74) is 4.48. The molecule has 7 nitrogen and oxygen atoms in total. The fourth-order valence-electron chi connectivity index (χ4n) is 5.35. The zero-order valence-electron chi connectivity index (χ0n) is 19.0. The van der Waals surface area contributed by atoms with Crippen LogP contribution in [0.15, 0.2) is 48.5 Å². The fourth-order valence-corrected chi connectivity index (χ4v) is 5.35. The van der Waals surface area contributed by atoms with Gasteiger partial charge in [-0.15, -0.1) is 0 Å². The molecule has 1 atom stereocenters. The lowest BCUT2D eigenvalue weighted by Gasteiger charge is -2.37. The first-order chi connectivity index (χ1) is 16.5. The van der Waals surface area contributed by atoms with Gasteiger partial charge in [-0.3, -0.25) is 9.59 Å². The van der Waals surface area contributed by atoms with Crippen LogP contribution in [0, 0.1) is 11.8 Å². The van der Waals surface area contributed by atoms with Crippen LogP contribution in [0.4, 0.5) is 4.79 Å². The highest BCUT2D eigenvalue weighted by molar-refractivity contribution is 5.86. The molecule has 2 aromatic rings. The molecule has 0 spiro atoms. The second kappa shape index (κ2) is 9.49. The quantitative estimate of drug-likeness (QED) is 0.521. The number of fused-ring (bicyclic) bond motifs is 3. The lowest BCUT2D eigenvalue weighted by Crippen LogP contribution is -2.53. The van der Waals surface area contributed by atoms with E-state index in [0.29, 0.717) is 5.92 Å². The van der Waals surface area contributed by atoms with Crippen LogP contribution in [0.2, 0.25) is 0 Å². The lowest BCUT2D eigenvalue weighted by molar-refractivity contribution is -0.137. The van der Waals surface area contributed by atoms with Crippen LogP contribution < -0.4 is 10.6 Å². The van der Waals surface area contributed by atoms with Crippen LogP contribution in [0.1, 0.15) is 55.6 Å². The van der Waals surface area contributed by atoms with Gasteiger partial charge in [-0.1, -0.05) is 48.5 Å². The topological polar surface area (TPSA) is 105 Å². The molecular weight excluding hydrogens is 432 g/mol. The Kier molecular flexibility index (Phi) is 6.26. The number of carbonyl (C=O) groups is 3. The Labute approximate surface area is 198 Å². The molecule has 3 aliphatic carbocycles. The molecule has 0 bridgehead atoms. The van der Waals surface area contributed by atoms with E-state index in [1.807, 2.05) is 36.4 Å². The zero-order chi connectivity index (χ0) is 23.7. The van der Waals surface area contributed by atoms with E-state index in [0.717, 1.165) is 41.0 Å². The van der Waals surface area contributed by atoms with E-state index >= 15 is 0 Å². The number of alkyl carbamates (subject to hydrolysis) is 1. The van der Waals surface area contributed by atoms with Crippen molar-refractivity contribution in [2.24, 2.45) is 11.8 Å². The number of carbonyl (C=O) groups excluding carboxylic acids is 2. The van der Waals surface area contributed by atoms with E-state index in [4.69, 9.17) is 9.84 Å². The SMILES string of the molecule is O=C(O)CCC(NC(=O)OCC1c2ccccc2-c2ccccc21)C(=O)NC1CC(C2CC2)C1. The van der Waals surface area contributed by atoms with Gasteiger partial charge in [0.1, 0.15) is 12.6 Å². The number of amides is 2. The van der Waals surface area contributed by atoms with E-state index in [-0.39, 0.29) is 37.3 Å². The minimum atomic E-state index is -1.01. The van der Waals surface area contributed by atoms with Crippen molar-refractivity contribution >= 4 is 18.0 Å². The third kappa shape index (κ3) is 4.79. The van der Waals surface area contributed by atoms with Gasteiger partial charge in [-0.25, -0.2) is 4.79 Å². The van der Waals surface area contributed by atoms with Crippen LogP contribution in [-0.2, 0) is 14.3 Å². The molecule has 3 N–H and O–H groups in total. The number of aliphatic carboxylic acids is 1. The van der Waals surface area contributed by atoms with E-state index in [2.05, 4.69) is 22.8 Å². The molecule has 0 aliphatic heterocycles. The molecule has 34 heavy (non-hydrogen) atoms. The first-order valence-electron chi connectivity index (χ1n) is 12.1. The first kappa shape index (κ1) is 22.4. The largest absolute Gasteiger partial charge is 0.481 e. The van der Waals surface area contributed by atoms with Gasteiger partial charge in [0.2, 0.25) is 5.91 Å². The van der Waals surface area contributed by atoms with Crippen molar-refractivity contribution in [3.63, 3.8) is 0 Å². The Morgan fingerprint density at radius 3 is 2.15 bits per heavy atom. The number of hydrogen-bond acceptors (Lipinski definition) is 4. The smallest absolute Gasteiger partial charge is 0.407 e. The Balaban J connectivity index is 1.19. The van der Waals surface area contributed by atoms with Crippen LogP contribution >= 0.6 is 0 Å². The summed E-state index contributed by atoms with van der Waals surface area (Å²) < 4.78 is 5.55. The molecule has 0 aromatic heterocycles. The van der Waals surface area contributed by atoms with Crippen LogP contribution in [0.3, 0.4) is 0 Å². The molecule has 2 fully saturated rings. The van der Waals surface area contributed by atoms with Crippen LogP contribution in [0.25, 0.3) is 11.1 Å². The maximum absolute atomic E-state index is 12.8. The summed E-state index contributed by atoms with van der Waals surface area (Å²) in [5, 5.41) is 14.7. The Morgan fingerprint density at radius 1 is 0.941 bits per heavy atom. The monoisotopic (exact) mass is 462 g/mol. The molecule has 3 aliphatic rings. The lowest BCUT2D eigenvalue weighted by atomic mass is 9.77. The van der Waals surface area contributed by atoms with Gasteiger partial charge >= 0.3 is 12.1 Å². The number of hydrogen-bond donors (Lipinski definition) is 3. The number of carboxylic acids is 1. The summed E-state index contributed by atoms with van der Waals surface area (Å²) in [5.74, 6) is 0.0742. The summed E-state index contributed by atoms with van der Waals surface area (Å²) in [6, 6.07) is 15.3. The minimum absolute atomic E-state index is 0.0180. The van der Waals surface area contributed by atoms with Crippen LogP contribution in [-0.4, -0.2) is 41.8 Å². The third-order valence-corrected chi connectivity index (χ3v) is 7.41. The number of rotatable bonds is 9. The summed E-state index contributed by atoms with van der Waals surface area (Å²) in [7, 11) is 0. The fraction of sp³-hybridized carbons (Fsp3) is 0.444. The molecule has 0 radical (unpaired) electrons. The average Bonchev–Trinajstić information content (AvgIpc) is 3.59. The second-order valence-electron chi connectivity index (χ2n) is 9.73. The summed E-state index contributed by atoms with van der Waals surface area (Å²) in [6.45, 7) is 0.138. The van der Waals surface area contributed by atoms with Gasteiger partial charge in [-0.2, -0.15) is 0 Å². The molecular formula is C27H30N2O5. The summed E-state index contributed by atoms with van der Waals surface area (Å²) in [6.07, 6.45) is 3.60.